The monoisotopic (exact) mass is 267 g/mol. The van der Waals surface area contributed by atoms with E-state index in [0.29, 0.717) is 18.2 Å². The van der Waals surface area contributed by atoms with Crippen LogP contribution in [-0.4, -0.2) is 35.7 Å². The van der Waals surface area contributed by atoms with E-state index in [2.05, 4.69) is 39.6 Å². The minimum absolute atomic E-state index is 0.300. The summed E-state index contributed by atoms with van der Waals surface area (Å²) in [5.74, 6) is 2.57. The molecular formula is C13H25N5O. The van der Waals surface area contributed by atoms with Crippen LogP contribution >= 0.6 is 0 Å². The number of nitrogens with zero attached hydrogens (tertiary/aromatic N) is 3. The van der Waals surface area contributed by atoms with Crippen molar-refractivity contribution in [2.45, 2.75) is 46.5 Å². The summed E-state index contributed by atoms with van der Waals surface area (Å²) in [6.45, 7) is 10.7. The topological polar surface area (TPSA) is 75.3 Å². The maximum atomic E-state index is 5.19. The molecule has 0 saturated heterocycles. The third-order valence-corrected chi connectivity index (χ3v) is 2.47. The van der Waals surface area contributed by atoms with E-state index in [0.717, 1.165) is 37.8 Å². The first-order valence-corrected chi connectivity index (χ1v) is 7.02. The van der Waals surface area contributed by atoms with Crippen molar-refractivity contribution >= 4 is 5.96 Å². The Morgan fingerprint density at radius 1 is 1.32 bits per heavy atom. The van der Waals surface area contributed by atoms with Crippen LogP contribution in [0.15, 0.2) is 9.52 Å². The smallest absolute Gasteiger partial charge is 0.228 e. The quantitative estimate of drug-likeness (QED) is 0.581. The second-order valence-electron chi connectivity index (χ2n) is 4.64. The Morgan fingerprint density at radius 2 is 2.11 bits per heavy atom. The van der Waals surface area contributed by atoms with E-state index in [4.69, 9.17) is 4.52 Å². The summed E-state index contributed by atoms with van der Waals surface area (Å²) in [6, 6.07) is 0. The first-order chi connectivity index (χ1) is 9.17. The lowest BCUT2D eigenvalue weighted by Crippen LogP contribution is -2.38. The van der Waals surface area contributed by atoms with Gasteiger partial charge in [-0.3, -0.25) is 4.99 Å². The van der Waals surface area contributed by atoms with Crippen molar-refractivity contribution in [3.05, 3.63) is 11.7 Å². The highest BCUT2D eigenvalue weighted by Crippen LogP contribution is 2.09. The Balaban J connectivity index is 2.38. The summed E-state index contributed by atoms with van der Waals surface area (Å²) >= 11 is 0. The van der Waals surface area contributed by atoms with E-state index in [1.54, 1.807) is 0 Å². The first-order valence-electron chi connectivity index (χ1n) is 7.02. The van der Waals surface area contributed by atoms with Gasteiger partial charge < -0.3 is 15.2 Å². The average molecular weight is 267 g/mol. The van der Waals surface area contributed by atoms with E-state index in [1.807, 2.05) is 13.8 Å². The summed E-state index contributed by atoms with van der Waals surface area (Å²) in [5, 5.41) is 10.4. The molecule has 1 heterocycles. The Morgan fingerprint density at radius 3 is 2.68 bits per heavy atom. The maximum absolute atomic E-state index is 5.19. The Kier molecular flexibility index (Phi) is 6.92. The molecule has 2 N–H and O–H groups in total. The van der Waals surface area contributed by atoms with Crippen LogP contribution in [0.4, 0.5) is 0 Å². The lowest BCUT2D eigenvalue weighted by Gasteiger charge is -2.09. The molecule has 1 aromatic rings. The molecule has 0 bridgehead atoms. The average Bonchev–Trinajstić information content (AvgIpc) is 2.85. The Bertz CT molecular complexity index is 386. The predicted octanol–water partition coefficient (Wildman–Crippen LogP) is 1.70. The molecule has 1 rings (SSSR count). The molecule has 6 heteroatoms. The minimum atomic E-state index is 0.300. The number of aliphatic imine (C=N–C) groups is 1. The van der Waals surface area contributed by atoms with Crippen LogP contribution in [0.5, 0.6) is 0 Å². The number of nitrogens with one attached hydrogen (secondary N) is 2. The maximum Gasteiger partial charge on any atom is 0.228 e. The number of aromatic nitrogens is 2. The van der Waals surface area contributed by atoms with Crippen LogP contribution < -0.4 is 10.6 Å². The van der Waals surface area contributed by atoms with Gasteiger partial charge in [-0.15, -0.1) is 0 Å². The molecule has 0 aliphatic rings. The second-order valence-corrected chi connectivity index (χ2v) is 4.64. The van der Waals surface area contributed by atoms with E-state index < -0.39 is 0 Å². The molecule has 0 spiro atoms. The van der Waals surface area contributed by atoms with Gasteiger partial charge in [-0.05, 0) is 13.3 Å². The third kappa shape index (κ3) is 5.72. The molecule has 6 nitrogen and oxygen atoms in total. The second kappa shape index (κ2) is 8.50. The van der Waals surface area contributed by atoms with Crippen LogP contribution in [0.1, 0.15) is 51.7 Å². The fourth-order valence-electron chi connectivity index (χ4n) is 1.46. The molecule has 0 aromatic carbocycles. The van der Waals surface area contributed by atoms with Gasteiger partial charge in [0.1, 0.15) is 0 Å². The molecule has 0 saturated carbocycles. The molecule has 0 fully saturated rings. The summed E-state index contributed by atoms with van der Waals surface area (Å²) in [5.41, 5.74) is 0. The molecule has 0 aliphatic carbocycles. The molecule has 1 aromatic heterocycles. The Labute approximate surface area is 115 Å². The highest BCUT2D eigenvalue weighted by molar-refractivity contribution is 5.79. The molecule has 0 aliphatic heterocycles. The van der Waals surface area contributed by atoms with Crippen molar-refractivity contribution in [1.82, 2.24) is 20.8 Å². The largest absolute Gasteiger partial charge is 0.357 e. The van der Waals surface area contributed by atoms with E-state index in [9.17, 15) is 0 Å². The summed E-state index contributed by atoms with van der Waals surface area (Å²) in [6.07, 6.45) is 1.74. The van der Waals surface area contributed by atoms with Gasteiger partial charge in [0, 0.05) is 32.0 Å². The van der Waals surface area contributed by atoms with E-state index in [-0.39, 0.29) is 0 Å². The Hall–Kier alpha value is -1.59. The predicted molar refractivity (Wildman–Crippen MR) is 76.4 cm³/mol. The van der Waals surface area contributed by atoms with Gasteiger partial charge >= 0.3 is 0 Å². The van der Waals surface area contributed by atoms with Crippen molar-refractivity contribution in [3.8, 4) is 0 Å². The zero-order valence-electron chi connectivity index (χ0n) is 12.4. The number of hydrogen-bond acceptors (Lipinski definition) is 4. The van der Waals surface area contributed by atoms with E-state index in [1.165, 1.54) is 0 Å². The lowest BCUT2D eigenvalue weighted by molar-refractivity contribution is 0.371. The zero-order valence-corrected chi connectivity index (χ0v) is 12.4. The SMILES string of the molecule is CCCN=C(NCC)NCCc1nc(C(C)C)no1. The molecule has 19 heavy (non-hydrogen) atoms. The van der Waals surface area contributed by atoms with Crippen LogP contribution in [0.2, 0.25) is 0 Å². The van der Waals surface area contributed by atoms with Gasteiger partial charge in [0.15, 0.2) is 11.8 Å². The number of hydrogen-bond donors (Lipinski definition) is 2. The van der Waals surface area contributed by atoms with Crippen molar-refractivity contribution < 1.29 is 4.52 Å². The summed E-state index contributed by atoms with van der Waals surface area (Å²) in [7, 11) is 0. The number of guanidine groups is 1. The van der Waals surface area contributed by atoms with E-state index >= 15 is 0 Å². The lowest BCUT2D eigenvalue weighted by atomic mass is 10.2. The van der Waals surface area contributed by atoms with Gasteiger partial charge in [-0.1, -0.05) is 25.9 Å². The van der Waals surface area contributed by atoms with Crippen LogP contribution in [0.25, 0.3) is 0 Å². The molecule has 0 radical (unpaired) electrons. The van der Waals surface area contributed by atoms with Gasteiger partial charge in [0.2, 0.25) is 5.89 Å². The van der Waals surface area contributed by atoms with Gasteiger partial charge in [0.05, 0.1) is 0 Å². The van der Waals surface area contributed by atoms with Gasteiger partial charge in [0.25, 0.3) is 0 Å². The highest BCUT2D eigenvalue weighted by atomic mass is 16.5. The van der Waals surface area contributed by atoms with Crippen molar-refractivity contribution in [2.75, 3.05) is 19.6 Å². The van der Waals surface area contributed by atoms with Crippen molar-refractivity contribution in [1.29, 1.82) is 0 Å². The van der Waals surface area contributed by atoms with Crippen molar-refractivity contribution in [2.24, 2.45) is 4.99 Å². The third-order valence-electron chi connectivity index (χ3n) is 2.47. The summed E-state index contributed by atoms with van der Waals surface area (Å²) < 4.78 is 5.19. The number of rotatable bonds is 7. The fourth-order valence-corrected chi connectivity index (χ4v) is 1.46. The van der Waals surface area contributed by atoms with Crippen molar-refractivity contribution in [3.63, 3.8) is 0 Å². The molecule has 108 valence electrons. The zero-order chi connectivity index (χ0) is 14.1. The molecule has 0 atom stereocenters. The van der Waals surface area contributed by atoms with Crippen LogP contribution in [0.3, 0.4) is 0 Å². The van der Waals surface area contributed by atoms with Crippen LogP contribution in [0, 0.1) is 0 Å². The minimum Gasteiger partial charge on any atom is -0.357 e. The molecule has 0 amide bonds. The molecular weight excluding hydrogens is 242 g/mol. The van der Waals surface area contributed by atoms with Gasteiger partial charge in [-0.2, -0.15) is 4.98 Å². The summed E-state index contributed by atoms with van der Waals surface area (Å²) in [4.78, 5) is 8.76. The highest BCUT2D eigenvalue weighted by Gasteiger charge is 2.09. The molecule has 0 unspecified atom stereocenters. The van der Waals surface area contributed by atoms with Crippen LogP contribution in [-0.2, 0) is 6.42 Å². The normalized spacial score (nSPS) is 11.9. The fraction of sp³-hybridized carbons (Fsp3) is 0.769. The first kappa shape index (κ1) is 15.5. The standard InChI is InChI=1S/C13H25N5O/c1-5-8-15-13(14-6-2)16-9-7-11-17-12(10(3)4)18-19-11/h10H,5-9H2,1-4H3,(H2,14,15,16). The van der Waals surface area contributed by atoms with Gasteiger partial charge in [-0.25, -0.2) is 0 Å².